The van der Waals surface area contributed by atoms with E-state index < -0.39 is 11.7 Å². The Balaban J connectivity index is 3.04. The molecule has 0 fully saturated rings. The molecule has 0 aromatic heterocycles. The molecule has 0 spiro atoms. The lowest BCUT2D eigenvalue weighted by molar-refractivity contribution is -0.138. The first-order valence-corrected chi connectivity index (χ1v) is 6.52. The number of rotatable bonds is 5. The molecule has 1 atom stereocenters. The van der Waals surface area contributed by atoms with Gasteiger partial charge < -0.3 is 10.5 Å². The zero-order valence-electron chi connectivity index (χ0n) is 11.3. The van der Waals surface area contributed by atoms with Crippen molar-refractivity contribution in [3.05, 3.63) is 40.4 Å². The monoisotopic (exact) mass is 307 g/mol. The number of halogens is 4. The molecule has 2 nitrogen and oxygen atoms in total. The lowest BCUT2D eigenvalue weighted by Crippen LogP contribution is -2.18. The Hall–Kier alpha value is -1.20. The summed E-state index contributed by atoms with van der Waals surface area (Å²) in [6.45, 7) is 3.43. The minimum Gasteiger partial charge on any atom is -0.489 e. The van der Waals surface area contributed by atoms with Gasteiger partial charge in [0.1, 0.15) is 12.4 Å². The summed E-state index contributed by atoms with van der Waals surface area (Å²) in [7, 11) is 0. The van der Waals surface area contributed by atoms with Crippen molar-refractivity contribution >= 4 is 11.6 Å². The average Bonchev–Trinajstić information content (AvgIpc) is 2.34. The summed E-state index contributed by atoms with van der Waals surface area (Å²) in [5, 5.41) is 0. The molecule has 2 N–H and O–H groups in total. The average molecular weight is 308 g/mol. The fraction of sp³-hybridized carbons (Fsp3) is 0.429. The molecule has 1 aromatic carbocycles. The summed E-state index contributed by atoms with van der Waals surface area (Å²) in [5.74, 6) is -0.205. The molecule has 20 heavy (non-hydrogen) atoms. The van der Waals surface area contributed by atoms with Crippen molar-refractivity contribution in [1.29, 1.82) is 0 Å². The van der Waals surface area contributed by atoms with Crippen LogP contribution in [0.2, 0.25) is 0 Å². The highest BCUT2D eigenvalue weighted by Gasteiger charge is 2.34. The lowest BCUT2D eigenvalue weighted by atomic mass is 10.0. The van der Waals surface area contributed by atoms with Gasteiger partial charge in [0.25, 0.3) is 0 Å². The Morgan fingerprint density at radius 3 is 2.60 bits per heavy atom. The van der Waals surface area contributed by atoms with Gasteiger partial charge >= 0.3 is 6.18 Å². The van der Waals surface area contributed by atoms with Crippen LogP contribution in [0.15, 0.2) is 29.3 Å². The quantitative estimate of drug-likeness (QED) is 0.888. The van der Waals surface area contributed by atoms with E-state index in [4.69, 9.17) is 22.1 Å². The van der Waals surface area contributed by atoms with Crippen molar-refractivity contribution in [3.63, 3.8) is 0 Å². The van der Waals surface area contributed by atoms with Crippen molar-refractivity contribution in [2.75, 3.05) is 6.61 Å². The molecular weight excluding hydrogens is 291 g/mol. The van der Waals surface area contributed by atoms with Gasteiger partial charge in [-0.25, -0.2) is 0 Å². The smallest absolute Gasteiger partial charge is 0.419 e. The minimum absolute atomic E-state index is 0.0131. The molecule has 0 saturated heterocycles. The Morgan fingerprint density at radius 1 is 1.45 bits per heavy atom. The van der Waals surface area contributed by atoms with Gasteiger partial charge in [-0.3, -0.25) is 0 Å². The van der Waals surface area contributed by atoms with Crippen molar-refractivity contribution in [2.45, 2.75) is 32.5 Å². The summed E-state index contributed by atoms with van der Waals surface area (Å²) in [6, 6.07) is 3.79. The third-order valence-corrected chi connectivity index (χ3v) is 2.92. The Morgan fingerprint density at radius 2 is 2.10 bits per heavy atom. The van der Waals surface area contributed by atoms with E-state index in [0.29, 0.717) is 17.6 Å². The predicted octanol–water partition coefficient (Wildman–Crippen LogP) is 4.12. The molecule has 0 aliphatic carbocycles. The van der Waals surface area contributed by atoms with Gasteiger partial charge in [0.2, 0.25) is 0 Å². The summed E-state index contributed by atoms with van der Waals surface area (Å²) in [6.07, 6.45) is -4.09. The van der Waals surface area contributed by atoms with E-state index in [0.717, 1.165) is 6.07 Å². The van der Waals surface area contributed by atoms with E-state index in [-0.39, 0.29) is 18.4 Å². The molecule has 0 aliphatic rings. The Labute approximate surface area is 121 Å². The van der Waals surface area contributed by atoms with Crippen LogP contribution < -0.4 is 10.5 Å². The minimum atomic E-state index is -4.47. The molecule has 6 heteroatoms. The van der Waals surface area contributed by atoms with Gasteiger partial charge in [-0.05, 0) is 43.5 Å². The maximum Gasteiger partial charge on any atom is 0.419 e. The van der Waals surface area contributed by atoms with Crippen LogP contribution in [-0.2, 0) is 12.6 Å². The van der Waals surface area contributed by atoms with Crippen LogP contribution in [0.5, 0.6) is 5.75 Å². The van der Waals surface area contributed by atoms with Gasteiger partial charge in [0, 0.05) is 11.6 Å². The van der Waals surface area contributed by atoms with E-state index >= 15 is 0 Å². The van der Waals surface area contributed by atoms with E-state index in [1.54, 1.807) is 19.9 Å². The van der Waals surface area contributed by atoms with Crippen LogP contribution in [0.1, 0.15) is 25.0 Å². The van der Waals surface area contributed by atoms with Crippen molar-refractivity contribution in [1.82, 2.24) is 0 Å². The van der Waals surface area contributed by atoms with E-state index in [1.165, 1.54) is 11.6 Å². The number of benzene rings is 1. The van der Waals surface area contributed by atoms with Gasteiger partial charge in [-0.15, -0.1) is 0 Å². The molecule has 0 radical (unpaired) electrons. The van der Waals surface area contributed by atoms with Crippen molar-refractivity contribution < 1.29 is 17.9 Å². The van der Waals surface area contributed by atoms with Crippen LogP contribution in [0.25, 0.3) is 0 Å². The molecule has 0 bridgehead atoms. The molecule has 112 valence electrons. The summed E-state index contributed by atoms with van der Waals surface area (Å²) in [5.41, 5.74) is 7.26. The molecule has 1 aromatic rings. The third-order valence-electron chi connectivity index (χ3n) is 2.55. The fourth-order valence-corrected chi connectivity index (χ4v) is 1.71. The van der Waals surface area contributed by atoms with Crippen LogP contribution in [0.4, 0.5) is 13.2 Å². The predicted molar refractivity (Wildman–Crippen MR) is 73.9 cm³/mol. The zero-order valence-corrected chi connectivity index (χ0v) is 12.1. The number of ether oxygens (including phenoxy) is 1. The first-order chi connectivity index (χ1) is 9.24. The zero-order chi connectivity index (χ0) is 15.3. The maximum absolute atomic E-state index is 13.0. The molecule has 0 heterocycles. The van der Waals surface area contributed by atoms with Gasteiger partial charge in [-0.1, -0.05) is 17.7 Å². The van der Waals surface area contributed by atoms with Gasteiger partial charge in [-0.2, -0.15) is 13.2 Å². The number of alkyl halides is 3. The second kappa shape index (κ2) is 6.99. The molecule has 1 unspecified atom stereocenters. The van der Waals surface area contributed by atoms with Gasteiger partial charge in [0.15, 0.2) is 0 Å². The third kappa shape index (κ3) is 5.06. The number of nitrogens with two attached hydrogens (primary N) is 1. The molecule has 0 amide bonds. The SMILES string of the molecule is C/C(=C\Cl)COc1ccc(CC(C)N)cc1C(F)(F)F. The lowest BCUT2D eigenvalue weighted by Gasteiger charge is -2.16. The normalized spacial score (nSPS) is 14.2. The number of hydrogen-bond donors (Lipinski definition) is 1. The van der Waals surface area contributed by atoms with Crippen LogP contribution in [0, 0.1) is 0 Å². The van der Waals surface area contributed by atoms with Gasteiger partial charge in [0.05, 0.1) is 5.56 Å². The van der Waals surface area contributed by atoms with Crippen molar-refractivity contribution in [3.8, 4) is 5.75 Å². The largest absolute Gasteiger partial charge is 0.489 e. The van der Waals surface area contributed by atoms with Crippen LogP contribution in [0.3, 0.4) is 0 Å². The molecule has 1 rings (SSSR count). The highest BCUT2D eigenvalue weighted by molar-refractivity contribution is 6.25. The summed E-state index contributed by atoms with van der Waals surface area (Å²) < 4.78 is 44.2. The molecular formula is C14H17ClF3NO. The summed E-state index contributed by atoms with van der Waals surface area (Å²) in [4.78, 5) is 0. The van der Waals surface area contributed by atoms with E-state index in [9.17, 15) is 13.2 Å². The van der Waals surface area contributed by atoms with Crippen LogP contribution in [-0.4, -0.2) is 12.6 Å². The second-order valence-corrected chi connectivity index (χ2v) is 4.97. The van der Waals surface area contributed by atoms with E-state index in [2.05, 4.69) is 0 Å². The number of hydrogen-bond acceptors (Lipinski definition) is 2. The Kier molecular flexibility index (Phi) is 5.89. The van der Waals surface area contributed by atoms with E-state index in [1.807, 2.05) is 0 Å². The highest BCUT2D eigenvalue weighted by atomic mass is 35.5. The molecule has 0 saturated carbocycles. The first kappa shape index (κ1) is 16.9. The second-order valence-electron chi connectivity index (χ2n) is 4.75. The standard InChI is InChI=1S/C14H17ClF3NO/c1-9(7-15)8-20-13-4-3-11(5-10(2)19)6-12(13)14(16,17)18/h3-4,6-7,10H,5,8,19H2,1-2H3/b9-7+. The maximum atomic E-state index is 13.0. The molecule has 0 aliphatic heterocycles. The fourth-order valence-electron chi connectivity index (χ4n) is 1.65. The van der Waals surface area contributed by atoms with Crippen LogP contribution >= 0.6 is 11.6 Å². The summed E-state index contributed by atoms with van der Waals surface area (Å²) >= 11 is 5.45. The Bertz CT molecular complexity index is 484. The topological polar surface area (TPSA) is 35.2 Å². The highest BCUT2D eigenvalue weighted by Crippen LogP contribution is 2.37. The first-order valence-electron chi connectivity index (χ1n) is 6.08. The van der Waals surface area contributed by atoms with Crippen molar-refractivity contribution in [2.24, 2.45) is 5.73 Å².